The van der Waals surface area contributed by atoms with Crippen molar-refractivity contribution in [2.75, 3.05) is 6.54 Å². The molecule has 2 aromatic heterocycles. The minimum atomic E-state index is -4.06. The molecule has 0 spiro atoms. The molecule has 1 N–H and O–H groups in total. The van der Waals surface area contributed by atoms with Crippen LogP contribution in [0.5, 0.6) is 0 Å². The third kappa shape index (κ3) is 4.02. The summed E-state index contributed by atoms with van der Waals surface area (Å²) in [6, 6.07) is 7.96. The molecular weight excluding hydrogens is 427 g/mol. The van der Waals surface area contributed by atoms with Gasteiger partial charge in [-0.2, -0.15) is 0 Å². The van der Waals surface area contributed by atoms with Gasteiger partial charge >= 0.3 is 0 Å². The third-order valence-electron chi connectivity index (χ3n) is 4.09. The van der Waals surface area contributed by atoms with Crippen LogP contribution in [-0.2, 0) is 19.9 Å². The Hall–Kier alpha value is -2.08. The lowest BCUT2D eigenvalue weighted by molar-refractivity contribution is 0.390. The van der Waals surface area contributed by atoms with Crippen molar-refractivity contribution in [3.8, 4) is 0 Å². The molecule has 3 aromatic rings. The Morgan fingerprint density at radius 2 is 1.82 bits per heavy atom. The van der Waals surface area contributed by atoms with E-state index in [0.29, 0.717) is 0 Å². The Kier molecular flexibility index (Phi) is 5.71. The minimum absolute atomic E-state index is 0.0957. The fraction of sp³-hybridized carbons (Fsp3) is 0.235. The maximum atomic E-state index is 13.3. The van der Waals surface area contributed by atoms with E-state index in [1.54, 1.807) is 11.4 Å². The molecule has 0 aliphatic rings. The van der Waals surface area contributed by atoms with E-state index in [1.807, 2.05) is 0 Å². The number of sulfone groups is 1. The number of aryl methyl sites for hydroxylation is 2. The Morgan fingerprint density at radius 1 is 1.14 bits per heavy atom. The number of rotatable bonds is 7. The van der Waals surface area contributed by atoms with Crippen LogP contribution in [0.4, 0.5) is 4.39 Å². The van der Waals surface area contributed by atoms with Gasteiger partial charge in [0.15, 0.2) is 15.6 Å². The van der Waals surface area contributed by atoms with Gasteiger partial charge < -0.3 is 4.52 Å². The Morgan fingerprint density at radius 3 is 2.36 bits per heavy atom. The highest BCUT2D eigenvalue weighted by atomic mass is 32.2. The molecule has 3 rings (SSSR count). The maximum Gasteiger partial charge on any atom is 0.246 e. The molecule has 0 radical (unpaired) electrons. The molecule has 28 heavy (non-hydrogen) atoms. The zero-order chi connectivity index (χ0) is 20.5. The summed E-state index contributed by atoms with van der Waals surface area (Å²) < 4.78 is 72.1. The zero-order valence-electron chi connectivity index (χ0n) is 14.9. The van der Waals surface area contributed by atoms with Crippen LogP contribution in [0.25, 0.3) is 0 Å². The lowest BCUT2D eigenvalue weighted by Crippen LogP contribution is -2.32. The second-order valence-corrected chi connectivity index (χ2v) is 11.0. The van der Waals surface area contributed by atoms with E-state index in [4.69, 9.17) is 4.52 Å². The highest BCUT2D eigenvalue weighted by Gasteiger charge is 2.33. The molecule has 1 atom stereocenters. The first-order chi connectivity index (χ1) is 13.1. The van der Waals surface area contributed by atoms with E-state index >= 15 is 0 Å². The highest BCUT2D eigenvalue weighted by Crippen LogP contribution is 2.32. The van der Waals surface area contributed by atoms with Crippen molar-refractivity contribution in [2.24, 2.45) is 0 Å². The van der Waals surface area contributed by atoms with Gasteiger partial charge in [-0.3, -0.25) is 0 Å². The summed E-state index contributed by atoms with van der Waals surface area (Å²) in [5.74, 6) is -0.420. The molecule has 150 valence electrons. The van der Waals surface area contributed by atoms with Crippen molar-refractivity contribution in [1.29, 1.82) is 0 Å². The van der Waals surface area contributed by atoms with Crippen molar-refractivity contribution >= 4 is 31.2 Å². The summed E-state index contributed by atoms with van der Waals surface area (Å²) >= 11 is 1.03. The number of sulfonamides is 1. The SMILES string of the molecule is Cc1noc(C)c1S(=O)(=O)NC[C@H](c1ccc(F)cc1)S(=O)(=O)c1cccs1. The van der Waals surface area contributed by atoms with E-state index < -0.39 is 37.5 Å². The molecule has 2 heterocycles. The fourth-order valence-electron chi connectivity index (χ4n) is 2.77. The standard InChI is InChI=1S/C17H17FN2O5S3/c1-11-17(12(2)25-20-11)28(23,24)19-10-15(13-5-7-14(18)8-6-13)27(21,22)16-4-3-9-26-16/h3-9,15,19H,10H2,1-2H3/t15-/m1/s1. The summed E-state index contributed by atoms with van der Waals surface area (Å²) in [5.41, 5.74) is 0.445. The van der Waals surface area contributed by atoms with Crippen LogP contribution in [0.15, 0.2) is 55.4 Å². The molecule has 0 amide bonds. The second kappa shape index (κ2) is 7.74. The molecule has 7 nitrogen and oxygen atoms in total. The normalized spacial score (nSPS) is 13.5. The van der Waals surface area contributed by atoms with E-state index in [1.165, 1.54) is 32.0 Å². The van der Waals surface area contributed by atoms with Crippen molar-refractivity contribution in [3.05, 3.63) is 64.6 Å². The third-order valence-corrected chi connectivity index (χ3v) is 9.29. The fourth-order valence-corrected chi connectivity index (χ4v) is 7.11. The number of hydrogen-bond donors (Lipinski definition) is 1. The van der Waals surface area contributed by atoms with Crippen LogP contribution < -0.4 is 4.72 Å². The van der Waals surface area contributed by atoms with Gasteiger partial charge in [0.2, 0.25) is 10.0 Å². The molecule has 0 saturated heterocycles. The predicted molar refractivity (Wildman–Crippen MR) is 102 cm³/mol. The molecule has 0 aliphatic carbocycles. The Labute approximate surface area is 166 Å². The average molecular weight is 445 g/mol. The second-order valence-electron chi connectivity index (χ2n) is 6.02. The monoisotopic (exact) mass is 444 g/mol. The van der Waals surface area contributed by atoms with E-state index in [9.17, 15) is 21.2 Å². The molecule has 0 saturated carbocycles. The van der Waals surface area contributed by atoms with Crippen molar-refractivity contribution < 1.29 is 25.7 Å². The van der Waals surface area contributed by atoms with Crippen LogP contribution in [-0.4, -0.2) is 28.5 Å². The number of aromatic nitrogens is 1. The van der Waals surface area contributed by atoms with E-state index in [2.05, 4.69) is 9.88 Å². The van der Waals surface area contributed by atoms with Crippen LogP contribution >= 0.6 is 11.3 Å². The molecule has 0 unspecified atom stereocenters. The number of nitrogens with zero attached hydrogens (tertiary/aromatic N) is 1. The van der Waals surface area contributed by atoms with Gasteiger partial charge in [-0.05, 0) is 43.0 Å². The smallest absolute Gasteiger partial charge is 0.246 e. The largest absolute Gasteiger partial charge is 0.360 e. The van der Waals surface area contributed by atoms with Gasteiger partial charge in [-0.25, -0.2) is 25.9 Å². The van der Waals surface area contributed by atoms with Crippen molar-refractivity contribution in [1.82, 2.24) is 9.88 Å². The zero-order valence-corrected chi connectivity index (χ0v) is 17.4. The van der Waals surface area contributed by atoms with E-state index in [0.717, 1.165) is 23.5 Å². The van der Waals surface area contributed by atoms with Gasteiger partial charge in [-0.1, -0.05) is 23.4 Å². The Balaban J connectivity index is 1.98. The van der Waals surface area contributed by atoms with Crippen molar-refractivity contribution in [2.45, 2.75) is 28.2 Å². The topological polar surface area (TPSA) is 106 Å². The lowest BCUT2D eigenvalue weighted by Gasteiger charge is -2.18. The van der Waals surface area contributed by atoms with Crippen molar-refractivity contribution in [3.63, 3.8) is 0 Å². The van der Waals surface area contributed by atoms with Crippen LogP contribution in [0.1, 0.15) is 22.3 Å². The first-order valence-electron chi connectivity index (χ1n) is 8.08. The van der Waals surface area contributed by atoms with Crippen LogP contribution in [0.3, 0.4) is 0 Å². The molecule has 0 bridgehead atoms. The van der Waals surface area contributed by atoms with Crippen LogP contribution in [0, 0.1) is 19.7 Å². The Bertz CT molecular complexity index is 1150. The summed E-state index contributed by atoms with van der Waals surface area (Å²) in [6.07, 6.45) is 0. The van der Waals surface area contributed by atoms with Gasteiger partial charge in [0.25, 0.3) is 0 Å². The molecule has 0 fully saturated rings. The number of hydrogen-bond acceptors (Lipinski definition) is 7. The number of halogens is 1. The van der Waals surface area contributed by atoms with E-state index in [-0.39, 0.29) is 26.1 Å². The van der Waals surface area contributed by atoms with Gasteiger partial charge in [0.1, 0.15) is 25.9 Å². The van der Waals surface area contributed by atoms with Gasteiger partial charge in [0, 0.05) is 6.54 Å². The van der Waals surface area contributed by atoms with Crippen LogP contribution in [0.2, 0.25) is 0 Å². The summed E-state index contributed by atoms with van der Waals surface area (Å²) in [7, 11) is -7.97. The average Bonchev–Trinajstić information content (AvgIpc) is 3.27. The highest BCUT2D eigenvalue weighted by molar-refractivity contribution is 7.93. The molecular formula is C17H17FN2O5S3. The minimum Gasteiger partial charge on any atom is -0.360 e. The summed E-state index contributed by atoms with van der Waals surface area (Å²) in [4.78, 5) is -0.126. The number of nitrogens with one attached hydrogen (secondary N) is 1. The number of thiophene rings is 1. The summed E-state index contributed by atoms with van der Waals surface area (Å²) in [6.45, 7) is 2.50. The number of benzene rings is 1. The maximum absolute atomic E-state index is 13.3. The molecule has 11 heteroatoms. The van der Waals surface area contributed by atoms with Gasteiger partial charge in [0.05, 0.1) is 0 Å². The first kappa shape index (κ1) is 20.6. The predicted octanol–water partition coefficient (Wildman–Crippen LogP) is 2.99. The quantitative estimate of drug-likeness (QED) is 0.600. The molecule has 1 aromatic carbocycles. The lowest BCUT2D eigenvalue weighted by atomic mass is 10.1. The first-order valence-corrected chi connectivity index (χ1v) is 12.0. The molecule has 0 aliphatic heterocycles. The van der Waals surface area contributed by atoms with Gasteiger partial charge in [-0.15, -0.1) is 11.3 Å². The summed E-state index contributed by atoms with van der Waals surface area (Å²) in [5, 5.41) is 3.99.